The molecule has 0 aliphatic rings. The van der Waals surface area contributed by atoms with Crippen LogP contribution in [0.4, 0.5) is 0 Å². The van der Waals surface area contributed by atoms with Crippen LogP contribution in [0.25, 0.3) is 5.69 Å². The highest BCUT2D eigenvalue weighted by Crippen LogP contribution is 2.24. The quantitative estimate of drug-likeness (QED) is 0.677. The van der Waals surface area contributed by atoms with Crippen molar-refractivity contribution in [3.05, 3.63) is 52.8 Å². The summed E-state index contributed by atoms with van der Waals surface area (Å²) in [5, 5.41) is 1.24. The molecule has 66 valence electrons. The highest BCUT2D eigenvalue weighted by Gasteiger charge is 2.04. The van der Waals surface area contributed by atoms with Crippen molar-refractivity contribution in [1.82, 2.24) is 4.57 Å². The highest BCUT2D eigenvalue weighted by molar-refractivity contribution is 6.33. The zero-order valence-electron chi connectivity index (χ0n) is 6.74. The van der Waals surface area contributed by atoms with Crippen molar-refractivity contribution in [1.29, 1.82) is 0 Å². The number of rotatable bonds is 1. The van der Waals surface area contributed by atoms with Gasteiger partial charge in [-0.1, -0.05) is 41.4 Å². The lowest BCUT2D eigenvalue weighted by atomic mass is 10.3. The fraction of sp³-hybridized carbons (Fsp3) is 0. The highest BCUT2D eigenvalue weighted by atomic mass is 35.5. The molecule has 3 heteroatoms. The van der Waals surface area contributed by atoms with Gasteiger partial charge in [-0.15, -0.1) is 0 Å². The molecule has 0 aliphatic carbocycles. The summed E-state index contributed by atoms with van der Waals surface area (Å²) in [6.07, 6.45) is 0. The van der Waals surface area contributed by atoms with Crippen molar-refractivity contribution < 1.29 is 0 Å². The smallest absolute Gasteiger partial charge is 0.114 e. The number of aromatic nitrogens is 1. The van der Waals surface area contributed by atoms with Gasteiger partial charge in [0.15, 0.2) is 0 Å². The Morgan fingerprint density at radius 3 is 1.85 bits per heavy atom. The van der Waals surface area contributed by atoms with Crippen molar-refractivity contribution in [2.75, 3.05) is 0 Å². The number of nitrogens with zero attached hydrogens (tertiary/aromatic N) is 1. The van der Waals surface area contributed by atoms with E-state index in [2.05, 4.69) is 0 Å². The van der Waals surface area contributed by atoms with Crippen LogP contribution in [0.5, 0.6) is 0 Å². The van der Waals surface area contributed by atoms with E-state index in [4.69, 9.17) is 23.2 Å². The number of halogens is 2. The summed E-state index contributed by atoms with van der Waals surface area (Å²) < 4.78 is 1.78. The summed E-state index contributed by atoms with van der Waals surface area (Å²) in [6.45, 7) is 0. The molecule has 0 radical (unpaired) electrons. The van der Waals surface area contributed by atoms with Crippen LogP contribution >= 0.6 is 23.2 Å². The maximum atomic E-state index is 5.96. The van der Waals surface area contributed by atoms with Gasteiger partial charge in [0.25, 0.3) is 0 Å². The van der Waals surface area contributed by atoms with E-state index in [1.54, 1.807) is 16.7 Å². The minimum atomic E-state index is 0.621. The number of para-hydroxylation sites is 1. The van der Waals surface area contributed by atoms with Crippen LogP contribution in [-0.4, -0.2) is 4.57 Å². The molecule has 13 heavy (non-hydrogen) atoms. The second kappa shape index (κ2) is 3.44. The van der Waals surface area contributed by atoms with Crippen molar-refractivity contribution >= 4 is 23.2 Å². The number of hydrogen-bond donors (Lipinski definition) is 0. The Morgan fingerprint density at radius 1 is 0.769 bits per heavy atom. The minimum Gasteiger partial charge on any atom is -0.291 e. The Kier molecular flexibility index (Phi) is 2.30. The first-order valence-corrected chi connectivity index (χ1v) is 4.63. The first-order chi connectivity index (χ1) is 6.29. The van der Waals surface area contributed by atoms with E-state index in [1.165, 1.54) is 0 Å². The van der Waals surface area contributed by atoms with E-state index >= 15 is 0 Å². The largest absolute Gasteiger partial charge is 0.291 e. The molecule has 0 fully saturated rings. The molecular weight excluding hydrogens is 205 g/mol. The van der Waals surface area contributed by atoms with Gasteiger partial charge in [-0.05, 0) is 24.3 Å². The molecule has 0 bridgehead atoms. The SMILES string of the molecule is Clc1ccc(Cl)n1-c1ccccc1. The van der Waals surface area contributed by atoms with E-state index < -0.39 is 0 Å². The second-order valence-electron chi connectivity index (χ2n) is 2.65. The first-order valence-electron chi connectivity index (χ1n) is 3.87. The summed E-state index contributed by atoms with van der Waals surface area (Å²) in [5.74, 6) is 0. The predicted molar refractivity (Wildman–Crippen MR) is 55.8 cm³/mol. The summed E-state index contributed by atoms with van der Waals surface area (Å²) in [6, 6.07) is 13.3. The molecule has 0 N–H and O–H groups in total. The number of hydrogen-bond acceptors (Lipinski definition) is 0. The summed E-state index contributed by atoms with van der Waals surface area (Å²) in [4.78, 5) is 0. The lowest BCUT2D eigenvalue weighted by Gasteiger charge is -2.05. The monoisotopic (exact) mass is 211 g/mol. The van der Waals surface area contributed by atoms with E-state index in [9.17, 15) is 0 Å². The third kappa shape index (κ3) is 1.58. The topological polar surface area (TPSA) is 4.93 Å². The van der Waals surface area contributed by atoms with Crippen molar-refractivity contribution in [2.24, 2.45) is 0 Å². The minimum absolute atomic E-state index is 0.621. The standard InChI is InChI=1S/C10H7Cl2N/c11-9-6-7-10(12)13(9)8-4-2-1-3-5-8/h1-7H. The zero-order chi connectivity index (χ0) is 9.26. The Morgan fingerprint density at radius 2 is 1.31 bits per heavy atom. The maximum Gasteiger partial charge on any atom is 0.114 e. The Hall–Kier alpha value is -0.920. The van der Waals surface area contributed by atoms with Crippen molar-refractivity contribution in [2.45, 2.75) is 0 Å². The molecule has 1 heterocycles. The molecule has 0 amide bonds. The molecule has 0 saturated heterocycles. The lowest BCUT2D eigenvalue weighted by molar-refractivity contribution is 1.08. The summed E-state index contributed by atoms with van der Waals surface area (Å²) >= 11 is 11.9. The second-order valence-corrected chi connectivity index (χ2v) is 3.42. The van der Waals surface area contributed by atoms with Gasteiger partial charge < -0.3 is 0 Å². The van der Waals surface area contributed by atoms with Crippen molar-refractivity contribution in [3.63, 3.8) is 0 Å². The Labute approximate surface area is 86.5 Å². The lowest BCUT2D eigenvalue weighted by Crippen LogP contribution is -1.92. The van der Waals surface area contributed by atoms with Crippen molar-refractivity contribution in [3.8, 4) is 5.69 Å². The van der Waals surface area contributed by atoms with E-state index in [0.29, 0.717) is 10.3 Å². The van der Waals surface area contributed by atoms with E-state index in [0.717, 1.165) is 5.69 Å². The molecule has 0 aliphatic heterocycles. The van der Waals surface area contributed by atoms with Gasteiger partial charge >= 0.3 is 0 Å². The molecule has 0 spiro atoms. The van der Waals surface area contributed by atoms with Crippen LogP contribution in [-0.2, 0) is 0 Å². The third-order valence-electron chi connectivity index (χ3n) is 1.80. The maximum absolute atomic E-state index is 5.96. The zero-order valence-corrected chi connectivity index (χ0v) is 8.26. The molecule has 0 atom stereocenters. The molecule has 1 aromatic heterocycles. The van der Waals surface area contributed by atoms with Crippen LogP contribution in [0.3, 0.4) is 0 Å². The van der Waals surface area contributed by atoms with E-state index in [1.807, 2.05) is 30.3 Å². The molecule has 2 rings (SSSR count). The van der Waals surface area contributed by atoms with Gasteiger partial charge in [0.05, 0.1) is 0 Å². The van der Waals surface area contributed by atoms with Gasteiger partial charge in [0, 0.05) is 5.69 Å². The first kappa shape index (κ1) is 8.67. The number of benzene rings is 1. The Bertz CT molecular complexity index is 387. The predicted octanol–water partition coefficient (Wildman–Crippen LogP) is 3.78. The summed E-state index contributed by atoms with van der Waals surface area (Å²) in [7, 11) is 0. The molecule has 0 saturated carbocycles. The van der Waals surface area contributed by atoms with Gasteiger partial charge in [0.1, 0.15) is 10.3 Å². The van der Waals surface area contributed by atoms with Gasteiger partial charge in [-0.25, -0.2) is 0 Å². The third-order valence-corrected chi connectivity index (χ3v) is 2.39. The van der Waals surface area contributed by atoms with Crippen LogP contribution in [0.1, 0.15) is 0 Å². The molecule has 1 aromatic carbocycles. The van der Waals surface area contributed by atoms with Gasteiger partial charge in [0.2, 0.25) is 0 Å². The molecule has 2 aromatic rings. The van der Waals surface area contributed by atoms with E-state index in [-0.39, 0.29) is 0 Å². The van der Waals surface area contributed by atoms with Crippen LogP contribution < -0.4 is 0 Å². The van der Waals surface area contributed by atoms with Gasteiger partial charge in [-0.3, -0.25) is 4.57 Å². The molecule has 0 unspecified atom stereocenters. The average molecular weight is 212 g/mol. The van der Waals surface area contributed by atoms with Crippen LogP contribution in [0, 0.1) is 0 Å². The molecule has 1 nitrogen and oxygen atoms in total. The Balaban J connectivity index is 2.59. The fourth-order valence-electron chi connectivity index (χ4n) is 1.21. The normalized spacial score (nSPS) is 10.3. The fourth-order valence-corrected chi connectivity index (χ4v) is 1.76. The van der Waals surface area contributed by atoms with Crippen LogP contribution in [0.2, 0.25) is 10.3 Å². The summed E-state index contributed by atoms with van der Waals surface area (Å²) in [5.41, 5.74) is 0.975. The molecular formula is C10H7Cl2N. The van der Waals surface area contributed by atoms with Gasteiger partial charge in [-0.2, -0.15) is 0 Å². The average Bonchev–Trinajstić information content (AvgIpc) is 2.48. The van der Waals surface area contributed by atoms with Crippen LogP contribution in [0.15, 0.2) is 42.5 Å².